The lowest BCUT2D eigenvalue weighted by Crippen LogP contribution is -2.65. The Hall–Kier alpha value is -4.25. The normalized spacial score (nSPS) is 20.3. The Balaban J connectivity index is 2.03. The van der Waals surface area contributed by atoms with Crippen LogP contribution in [0.5, 0.6) is 0 Å². The third-order valence-electron chi connectivity index (χ3n) is 6.34. The van der Waals surface area contributed by atoms with Gasteiger partial charge in [0.05, 0.1) is 22.6 Å². The quantitative estimate of drug-likeness (QED) is 0.112. The zero-order chi connectivity index (χ0) is 30.5. The number of carbonyl (C=O) groups is 4. The van der Waals surface area contributed by atoms with Crippen molar-refractivity contribution in [3.05, 3.63) is 33.9 Å². The van der Waals surface area contributed by atoms with E-state index in [4.69, 9.17) is 24.2 Å². The number of hydrogen-bond donors (Lipinski definition) is 1. The fourth-order valence-electron chi connectivity index (χ4n) is 4.68. The number of hydrogen-bond acceptors (Lipinski definition) is 13. The van der Waals surface area contributed by atoms with Crippen LogP contribution in [-0.2, 0) is 38.1 Å². The van der Waals surface area contributed by atoms with Gasteiger partial charge in [0, 0.05) is 46.9 Å². The molecule has 0 aromatic heterocycles. The van der Waals surface area contributed by atoms with Crippen molar-refractivity contribution in [3.8, 4) is 6.07 Å². The van der Waals surface area contributed by atoms with Crippen LogP contribution in [0, 0.1) is 21.4 Å². The number of likely N-dealkylation sites (tertiary alicyclic amines) is 1. The van der Waals surface area contributed by atoms with E-state index in [2.05, 4.69) is 5.32 Å². The number of unbranched alkanes of at least 4 members (excludes halogenated alkanes) is 3. The molecule has 0 saturated carbocycles. The average molecular weight is 577 g/mol. The molecule has 0 bridgehead atoms. The van der Waals surface area contributed by atoms with E-state index >= 15 is 0 Å². The first-order valence-corrected chi connectivity index (χ1v) is 13.2. The van der Waals surface area contributed by atoms with Crippen molar-refractivity contribution >= 4 is 35.3 Å². The molecule has 4 atom stereocenters. The van der Waals surface area contributed by atoms with Crippen molar-refractivity contribution in [2.45, 2.75) is 77.7 Å². The van der Waals surface area contributed by atoms with E-state index in [9.17, 15) is 29.3 Å². The molecule has 1 aromatic rings. The predicted octanol–water partition coefficient (Wildman–Crippen LogP) is 2.48. The molecule has 0 spiro atoms. The second-order valence-corrected chi connectivity index (χ2v) is 9.60. The Labute approximate surface area is 238 Å². The van der Waals surface area contributed by atoms with Crippen LogP contribution in [-0.4, -0.2) is 84.3 Å². The molecule has 1 aliphatic heterocycles. The largest absolute Gasteiger partial charge is 0.464 e. The number of benzene rings is 1. The summed E-state index contributed by atoms with van der Waals surface area (Å²) in [6.45, 7) is 5.85. The Kier molecular flexibility index (Phi) is 13.0. The Morgan fingerprint density at radius 2 is 1.61 bits per heavy atom. The third-order valence-corrected chi connectivity index (χ3v) is 6.34. The highest BCUT2D eigenvalue weighted by molar-refractivity contribution is 5.69. The van der Waals surface area contributed by atoms with E-state index < -0.39 is 53.2 Å². The molecular weight excluding hydrogens is 540 g/mol. The number of nitro benzene ring substituents is 1. The SMILES string of the molecule is CC(=O)OC[C@@H]1[C@@H](OC(C)=O)[C@H](OC(C)=O)[C@@H](OC(C)=O)CN1CCCCCCNc1ccc(C#N)cc1[N+](=O)[O-]. The van der Waals surface area contributed by atoms with E-state index in [1.165, 1.54) is 45.9 Å². The summed E-state index contributed by atoms with van der Waals surface area (Å²) in [5, 5.41) is 23.3. The molecular formula is C27H36N4O10. The van der Waals surface area contributed by atoms with E-state index in [0.717, 1.165) is 12.8 Å². The van der Waals surface area contributed by atoms with E-state index in [-0.39, 0.29) is 24.4 Å². The fourth-order valence-corrected chi connectivity index (χ4v) is 4.68. The van der Waals surface area contributed by atoms with Gasteiger partial charge < -0.3 is 24.3 Å². The van der Waals surface area contributed by atoms with Gasteiger partial charge in [0.15, 0.2) is 18.3 Å². The highest BCUT2D eigenvalue weighted by atomic mass is 16.6. The van der Waals surface area contributed by atoms with E-state index in [1.54, 1.807) is 0 Å². The van der Waals surface area contributed by atoms with Gasteiger partial charge in [0.25, 0.3) is 5.69 Å². The molecule has 1 saturated heterocycles. The lowest BCUT2D eigenvalue weighted by atomic mass is 9.92. The molecule has 14 heteroatoms. The second-order valence-electron chi connectivity index (χ2n) is 9.60. The van der Waals surface area contributed by atoms with Crippen molar-refractivity contribution in [1.29, 1.82) is 5.26 Å². The zero-order valence-electron chi connectivity index (χ0n) is 23.6. The van der Waals surface area contributed by atoms with Crippen LogP contribution in [0.2, 0.25) is 0 Å². The van der Waals surface area contributed by atoms with Crippen molar-refractivity contribution < 1.29 is 43.0 Å². The number of piperidine rings is 1. The highest BCUT2D eigenvalue weighted by Gasteiger charge is 2.49. The number of rotatable bonds is 14. The first-order valence-electron chi connectivity index (χ1n) is 13.2. The van der Waals surface area contributed by atoms with Gasteiger partial charge in [-0.25, -0.2) is 0 Å². The zero-order valence-corrected chi connectivity index (χ0v) is 23.6. The van der Waals surface area contributed by atoms with Crippen LogP contribution >= 0.6 is 0 Å². The molecule has 14 nitrogen and oxygen atoms in total. The van der Waals surface area contributed by atoms with Gasteiger partial charge in [0.1, 0.15) is 12.3 Å². The molecule has 1 N–H and O–H groups in total. The van der Waals surface area contributed by atoms with Gasteiger partial charge in [-0.15, -0.1) is 0 Å². The van der Waals surface area contributed by atoms with Gasteiger partial charge in [-0.2, -0.15) is 5.26 Å². The van der Waals surface area contributed by atoms with Crippen molar-refractivity contribution in [2.75, 3.05) is 31.6 Å². The number of nitrogens with one attached hydrogen (secondary N) is 1. The number of anilines is 1. The number of ether oxygens (including phenoxy) is 4. The first kappa shape index (κ1) is 33.0. The maximum Gasteiger partial charge on any atom is 0.303 e. The Morgan fingerprint density at radius 3 is 2.20 bits per heavy atom. The standard InChI is InChI=1S/C27H36N4O10/c1-17(32)38-16-24-26(40-19(3)34)27(41-20(4)35)25(39-18(2)33)15-30(24)12-8-6-5-7-11-29-22-10-9-21(14-28)13-23(22)31(36)37/h9-10,13,24-27,29H,5-8,11-12,15-16H2,1-4H3/t24-,25+,26-,27-/m1/s1. The maximum absolute atomic E-state index is 12.0. The summed E-state index contributed by atoms with van der Waals surface area (Å²) < 4.78 is 21.6. The van der Waals surface area contributed by atoms with Gasteiger partial charge in [-0.1, -0.05) is 12.8 Å². The van der Waals surface area contributed by atoms with E-state index in [0.29, 0.717) is 31.6 Å². The average Bonchev–Trinajstić information content (AvgIpc) is 2.88. The van der Waals surface area contributed by atoms with Gasteiger partial charge in [-0.3, -0.25) is 34.2 Å². The minimum Gasteiger partial charge on any atom is -0.464 e. The number of carbonyl (C=O) groups excluding carboxylic acids is 4. The van der Waals surface area contributed by atoms with Gasteiger partial charge >= 0.3 is 23.9 Å². The molecule has 0 aliphatic carbocycles. The summed E-state index contributed by atoms with van der Waals surface area (Å²) in [6, 6.07) is 5.48. The van der Waals surface area contributed by atoms with Crippen LogP contribution in [0.15, 0.2) is 18.2 Å². The van der Waals surface area contributed by atoms with Crippen LogP contribution < -0.4 is 5.32 Å². The molecule has 41 heavy (non-hydrogen) atoms. The van der Waals surface area contributed by atoms with Crippen LogP contribution in [0.1, 0.15) is 58.9 Å². The number of nitriles is 1. The Bertz CT molecular complexity index is 1150. The molecule has 1 aliphatic rings. The first-order chi connectivity index (χ1) is 19.4. The summed E-state index contributed by atoms with van der Waals surface area (Å²) in [5.41, 5.74) is 0.383. The molecule has 2 rings (SSSR count). The van der Waals surface area contributed by atoms with Crippen LogP contribution in [0.25, 0.3) is 0 Å². The van der Waals surface area contributed by atoms with Crippen LogP contribution in [0.4, 0.5) is 11.4 Å². The van der Waals surface area contributed by atoms with Gasteiger partial charge in [0.2, 0.25) is 0 Å². The third kappa shape index (κ3) is 10.7. The minimum absolute atomic E-state index is 0.134. The summed E-state index contributed by atoms with van der Waals surface area (Å²) in [5.74, 6) is -2.42. The lowest BCUT2D eigenvalue weighted by Gasteiger charge is -2.46. The van der Waals surface area contributed by atoms with Crippen molar-refractivity contribution in [3.63, 3.8) is 0 Å². The lowest BCUT2D eigenvalue weighted by molar-refractivity contribution is -0.384. The highest BCUT2D eigenvalue weighted by Crippen LogP contribution is 2.28. The molecule has 0 radical (unpaired) electrons. The minimum atomic E-state index is -1.09. The number of esters is 4. The molecule has 1 aromatic carbocycles. The summed E-state index contributed by atoms with van der Waals surface area (Å²) in [7, 11) is 0. The molecule has 0 unspecified atom stereocenters. The number of nitro groups is 1. The fraction of sp³-hybridized carbons (Fsp3) is 0.593. The smallest absolute Gasteiger partial charge is 0.303 e. The van der Waals surface area contributed by atoms with Crippen molar-refractivity contribution in [2.24, 2.45) is 0 Å². The van der Waals surface area contributed by atoms with Crippen molar-refractivity contribution in [1.82, 2.24) is 4.90 Å². The van der Waals surface area contributed by atoms with Crippen LogP contribution in [0.3, 0.4) is 0 Å². The Morgan fingerprint density at radius 1 is 0.976 bits per heavy atom. The topological polar surface area (TPSA) is 187 Å². The summed E-state index contributed by atoms with van der Waals surface area (Å²) in [4.78, 5) is 59.9. The number of nitrogens with zero attached hydrogens (tertiary/aromatic N) is 3. The molecule has 1 heterocycles. The second kappa shape index (κ2) is 16.1. The summed E-state index contributed by atoms with van der Waals surface area (Å²) >= 11 is 0. The monoisotopic (exact) mass is 576 g/mol. The molecule has 224 valence electrons. The van der Waals surface area contributed by atoms with Gasteiger partial charge in [-0.05, 0) is 31.5 Å². The predicted molar refractivity (Wildman–Crippen MR) is 143 cm³/mol. The van der Waals surface area contributed by atoms with E-state index in [1.807, 2.05) is 11.0 Å². The molecule has 0 amide bonds. The molecule has 1 fully saturated rings. The summed E-state index contributed by atoms with van der Waals surface area (Å²) in [6.07, 6.45) is -0.0914. The maximum atomic E-state index is 12.0.